The summed E-state index contributed by atoms with van der Waals surface area (Å²) in [5, 5.41) is 14.4. The molecule has 0 spiro atoms. The van der Waals surface area contributed by atoms with Gasteiger partial charge in [-0.25, -0.2) is 9.59 Å². The Bertz CT molecular complexity index is 650. The van der Waals surface area contributed by atoms with Gasteiger partial charge in [0, 0.05) is 16.3 Å². The van der Waals surface area contributed by atoms with Crippen LogP contribution in [0.25, 0.3) is 0 Å². The van der Waals surface area contributed by atoms with Gasteiger partial charge in [-0.3, -0.25) is 0 Å². The number of rotatable bonds is 6. The van der Waals surface area contributed by atoms with Gasteiger partial charge in [-0.1, -0.05) is 19.1 Å². The molecule has 0 bridgehead atoms. The lowest BCUT2D eigenvalue weighted by Gasteiger charge is -2.07. The molecule has 116 valence electrons. The van der Waals surface area contributed by atoms with E-state index in [0.29, 0.717) is 13.1 Å². The molecule has 2 rings (SSSR count). The zero-order chi connectivity index (χ0) is 15.9. The molecule has 1 aromatic heterocycles. The molecule has 0 fully saturated rings. The fourth-order valence-corrected chi connectivity index (χ4v) is 2.78. The second-order valence-corrected chi connectivity index (χ2v) is 6.01. The van der Waals surface area contributed by atoms with Gasteiger partial charge in [0.25, 0.3) is 0 Å². The van der Waals surface area contributed by atoms with Crippen molar-refractivity contribution in [2.45, 2.75) is 26.4 Å². The first kappa shape index (κ1) is 16.0. The lowest BCUT2D eigenvalue weighted by molar-refractivity contribution is 0.0697. The van der Waals surface area contributed by atoms with E-state index in [2.05, 4.69) is 23.6 Å². The Balaban J connectivity index is 1.76. The van der Waals surface area contributed by atoms with Gasteiger partial charge in [0.2, 0.25) is 0 Å². The Labute approximate surface area is 133 Å². The number of carbonyl (C=O) groups excluding carboxylic acids is 1. The third-order valence-electron chi connectivity index (χ3n) is 3.14. The minimum Gasteiger partial charge on any atom is -0.478 e. The van der Waals surface area contributed by atoms with E-state index in [0.717, 1.165) is 16.9 Å². The fraction of sp³-hybridized carbons (Fsp3) is 0.250. The molecular formula is C16H18N2O3S. The maximum Gasteiger partial charge on any atom is 0.335 e. The van der Waals surface area contributed by atoms with Crippen molar-refractivity contribution >= 4 is 23.3 Å². The molecule has 1 heterocycles. The predicted molar refractivity (Wildman–Crippen MR) is 86.2 cm³/mol. The third kappa shape index (κ3) is 4.60. The number of carbonyl (C=O) groups is 2. The summed E-state index contributed by atoms with van der Waals surface area (Å²) in [4.78, 5) is 24.9. The van der Waals surface area contributed by atoms with E-state index in [1.165, 1.54) is 17.0 Å². The third-order valence-corrected chi connectivity index (χ3v) is 4.37. The summed E-state index contributed by atoms with van der Waals surface area (Å²) in [5.41, 5.74) is 1.09. The number of urea groups is 1. The molecule has 1 aromatic carbocycles. The molecule has 0 aliphatic heterocycles. The highest BCUT2D eigenvalue weighted by Crippen LogP contribution is 2.16. The quantitative estimate of drug-likeness (QED) is 0.766. The van der Waals surface area contributed by atoms with E-state index in [9.17, 15) is 9.59 Å². The van der Waals surface area contributed by atoms with Crippen molar-refractivity contribution < 1.29 is 14.7 Å². The number of carboxylic acid groups (broad SMARTS) is 1. The van der Waals surface area contributed by atoms with E-state index >= 15 is 0 Å². The summed E-state index contributed by atoms with van der Waals surface area (Å²) in [6.07, 6.45) is 1.00. The number of hydrogen-bond donors (Lipinski definition) is 3. The summed E-state index contributed by atoms with van der Waals surface area (Å²) < 4.78 is 0. The predicted octanol–water partition coefficient (Wildman–Crippen LogP) is 3.01. The molecule has 22 heavy (non-hydrogen) atoms. The fourth-order valence-electron chi connectivity index (χ4n) is 1.88. The summed E-state index contributed by atoms with van der Waals surface area (Å²) in [6.45, 7) is 2.97. The highest BCUT2D eigenvalue weighted by atomic mass is 32.1. The molecule has 6 heteroatoms. The van der Waals surface area contributed by atoms with Crippen LogP contribution in [-0.4, -0.2) is 17.1 Å². The van der Waals surface area contributed by atoms with E-state index in [1.807, 2.05) is 6.07 Å². The zero-order valence-electron chi connectivity index (χ0n) is 12.3. The molecular weight excluding hydrogens is 300 g/mol. The number of carboxylic acids is 1. The molecule has 0 aliphatic rings. The van der Waals surface area contributed by atoms with Crippen LogP contribution in [0.15, 0.2) is 36.4 Å². The maximum absolute atomic E-state index is 11.7. The summed E-state index contributed by atoms with van der Waals surface area (Å²) in [7, 11) is 0. The van der Waals surface area contributed by atoms with Crippen LogP contribution in [-0.2, 0) is 19.5 Å². The zero-order valence-corrected chi connectivity index (χ0v) is 13.1. The van der Waals surface area contributed by atoms with E-state index in [4.69, 9.17) is 5.11 Å². The molecule has 0 saturated heterocycles. The first-order valence-corrected chi connectivity index (χ1v) is 7.81. The Hall–Kier alpha value is -2.34. The highest BCUT2D eigenvalue weighted by molar-refractivity contribution is 7.11. The number of thiophene rings is 1. The molecule has 2 amide bonds. The molecule has 0 atom stereocenters. The average Bonchev–Trinajstić information content (AvgIpc) is 2.99. The number of benzene rings is 1. The van der Waals surface area contributed by atoms with Crippen LogP contribution in [0.5, 0.6) is 0 Å². The summed E-state index contributed by atoms with van der Waals surface area (Å²) >= 11 is 1.70. The number of hydrogen-bond acceptors (Lipinski definition) is 3. The lowest BCUT2D eigenvalue weighted by Crippen LogP contribution is -2.34. The van der Waals surface area contributed by atoms with Gasteiger partial charge in [0.15, 0.2) is 0 Å². The minimum atomic E-state index is -0.959. The van der Waals surface area contributed by atoms with Crippen LogP contribution < -0.4 is 10.6 Å². The Kier molecular flexibility index (Phi) is 5.55. The van der Waals surface area contributed by atoms with Gasteiger partial charge in [0.05, 0.1) is 12.1 Å². The molecule has 2 aromatic rings. The molecule has 0 saturated carbocycles. The number of amides is 2. The van der Waals surface area contributed by atoms with Gasteiger partial charge in [-0.05, 0) is 36.2 Å². The first-order valence-electron chi connectivity index (χ1n) is 7.00. The maximum atomic E-state index is 11.7. The van der Waals surface area contributed by atoms with Crippen LogP contribution in [0.3, 0.4) is 0 Å². The van der Waals surface area contributed by atoms with Crippen LogP contribution in [0.2, 0.25) is 0 Å². The molecule has 0 radical (unpaired) electrons. The van der Waals surface area contributed by atoms with Crippen molar-refractivity contribution in [1.82, 2.24) is 10.6 Å². The Morgan fingerprint density at radius 1 is 1.00 bits per heavy atom. The lowest BCUT2D eigenvalue weighted by atomic mass is 10.1. The monoisotopic (exact) mass is 318 g/mol. The van der Waals surface area contributed by atoms with Gasteiger partial charge >= 0.3 is 12.0 Å². The number of aryl methyl sites for hydroxylation is 1. The SMILES string of the molecule is CCc1ccc(CNC(=O)NCc2ccc(C(=O)O)cc2)s1. The standard InChI is InChI=1S/C16H18N2O3S/c1-2-13-7-8-14(22-13)10-18-16(21)17-9-11-3-5-12(6-4-11)15(19)20/h3-8H,2,9-10H2,1H3,(H,19,20)(H2,17,18,21). The molecule has 3 N–H and O–H groups in total. The number of nitrogens with one attached hydrogen (secondary N) is 2. The van der Waals surface area contributed by atoms with Crippen LogP contribution in [0.4, 0.5) is 4.79 Å². The number of aromatic carboxylic acids is 1. The van der Waals surface area contributed by atoms with Crippen LogP contribution in [0.1, 0.15) is 32.6 Å². The Morgan fingerprint density at radius 2 is 1.64 bits per heavy atom. The second kappa shape index (κ2) is 7.61. The second-order valence-electron chi connectivity index (χ2n) is 4.76. The van der Waals surface area contributed by atoms with Gasteiger partial charge in [0.1, 0.15) is 0 Å². The van der Waals surface area contributed by atoms with Crippen molar-refractivity contribution in [3.63, 3.8) is 0 Å². The van der Waals surface area contributed by atoms with Crippen LogP contribution in [0, 0.1) is 0 Å². The average molecular weight is 318 g/mol. The largest absolute Gasteiger partial charge is 0.478 e. The van der Waals surface area contributed by atoms with Gasteiger partial charge in [-0.2, -0.15) is 0 Å². The van der Waals surface area contributed by atoms with E-state index in [1.54, 1.807) is 23.5 Å². The molecule has 0 unspecified atom stereocenters. The summed E-state index contributed by atoms with van der Waals surface area (Å²) in [5.74, 6) is -0.959. The topological polar surface area (TPSA) is 78.4 Å². The highest BCUT2D eigenvalue weighted by Gasteiger charge is 2.04. The first-order chi connectivity index (χ1) is 10.6. The van der Waals surface area contributed by atoms with Crippen molar-refractivity contribution in [1.29, 1.82) is 0 Å². The van der Waals surface area contributed by atoms with Crippen molar-refractivity contribution in [3.05, 3.63) is 57.3 Å². The minimum absolute atomic E-state index is 0.234. The van der Waals surface area contributed by atoms with Gasteiger partial charge in [-0.15, -0.1) is 11.3 Å². The Morgan fingerprint density at radius 3 is 2.23 bits per heavy atom. The smallest absolute Gasteiger partial charge is 0.335 e. The van der Waals surface area contributed by atoms with E-state index < -0.39 is 5.97 Å². The van der Waals surface area contributed by atoms with Crippen molar-refractivity contribution in [2.24, 2.45) is 0 Å². The van der Waals surface area contributed by atoms with Gasteiger partial charge < -0.3 is 15.7 Å². The molecule has 0 aliphatic carbocycles. The summed E-state index contributed by atoms with van der Waals surface area (Å²) in [6, 6.07) is 10.3. The van der Waals surface area contributed by atoms with Crippen molar-refractivity contribution in [2.75, 3.05) is 0 Å². The molecule has 5 nitrogen and oxygen atoms in total. The van der Waals surface area contributed by atoms with Crippen molar-refractivity contribution in [3.8, 4) is 0 Å². The van der Waals surface area contributed by atoms with Crippen LogP contribution >= 0.6 is 11.3 Å². The normalized spacial score (nSPS) is 10.2. The van der Waals surface area contributed by atoms with E-state index in [-0.39, 0.29) is 11.6 Å².